The molecule has 0 heterocycles. The molecule has 1 aromatic carbocycles. The molecule has 1 rings (SSSR count). The maximum Gasteiger partial charge on any atom is 0.142 e. The van der Waals surface area contributed by atoms with Gasteiger partial charge in [-0.05, 0) is 11.5 Å². The van der Waals surface area contributed by atoms with Crippen LogP contribution in [0.4, 0.5) is 5.69 Å². The summed E-state index contributed by atoms with van der Waals surface area (Å²) in [5.41, 5.74) is 6.85. The second-order valence-corrected chi connectivity index (χ2v) is 3.99. The normalized spacial score (nSPS) is 10.7. The SMILES string of the molecule is CC(C)(C)c1cccc(N)c1O.Cl. The van der Waals surface area contributed by atoms with E-state index in [2.05, 4.69) is 0 Å². The summed E-state index contributed by atoms with van der Waals surface area (Å²) >= 11 is 0. The molecular weight excluding hydrogens is 186 g/mol. The first kappa shape index (κ1) is 12.1. The van der Waals surface area contributed by atoms with Crippen molar-refractivity contribution in [2.75, 3.05) is 5.73 Å². The Morgan fingerprint density at radius 3 is 2.15 bits per heavy atom. The number of anilines is 1. The first-order valence-electron chi connectivity index (χ1n) is 4.01. The minimum atomic E-state index is -0.0561. The van der Waals surface area contributed by atoms with Gasteiger partial charge in [0.1, 0.15) is 5.75 Å². The number of hydrogen-bond donors (Lipinski definition) is 2. The van der Waals surface area contributed by atoms with Gasteiger partial charge < -0.3 is 10.8 Å². The van der Waals surface area contributed by atoms with Gasteiger partial charge in [0.05, 0.1) is 5.69 Å². The third-order valence-electron chi connectivity index (χ3n) is 1.88. The van der Waals surface area contributed by atoms with Crippen molar-refractivity contribution in [3.8, 4) is 5.75 Å². The number of hydrogen-bond acceptors (Lipinski definition) is 2. The average Bonchev–Trinajstić information content (AvgIpc) is 1.92. The Balaban J connectivity index is 0.00000144. The molecule has 0 bridgehead atoms. The van der Waals surface area contributed by atoms with Crippen LogP contribution in [0.15, 0.2) is 18.2 Å². The van der Waals surface area contributed by atoms with E-state index in [9.17, 15) is 5.11 Å². The summed E-state index contributed by atoms with van der Waals surface area (Å²) in [5, 5.41) is 9.61. The Bertz CT molecular complexity index is 291. The van der Waals surface area contributed by atoms with Gasteiger partial charge in [0.25, 0.3) is 0 Å². The zero-order valence-electron chi connectivity index (χ0n) is 8.16. The van der Waals surface area contributed by atoms with Gasteiger partial charge in [0.2, 0.25) is 0 Å². The minimum Gasteiger partial charge on any atom is -0.505 e. The van der Waals surface area contributed by atoms with E-state index in [1.807, 2.05) is 32.9 Å². The van der Waals surface area contributed by atoms with E-state index >= 15 is 0 Å². The number of phenolic OH excluding ortho intramolecular Hbond substituents is 1. The Morgan fingerprint density at radius 2 is 1.77 bits per heavy atom. The number of benzene rings is 1. The predicted octanol–water partition coefficient (Wildman–Crippen LogP) is 2.69. The van der Waals surface area contributed by atoms with Crippen molar-refractivity contribution in [2.24, 2.45) is 0 Å². The van der Waals surface area contributed by atoms with Crippen LogP contribution in [0.2, 0.25) is 0 Å². The third kappa shape index (κ3) is 2.52. The second-order valence-electron chi connectivity index (χ2n) is 3.99. The van der Waals surface area contributed by atoms with E-state index in [1.54, 1.807) is 6.07 Å². The molecule has 0 saturated heterocycles. The fourth-order valence-electron chi connectivity index (χ4n) is 1.17. The molecule has 0 unspecified atom stereocenters. The van der Waals surface area contributed by atoms with Crippen LogP contribution in [0, 0.1) is 0 Å². The Kier molecular flexibility index (Phi) is 3.61. The number of halogens is 1. The van der Waals surface area contributed by atoms with Gasteiger partial charge in [-0.2, -0.15) is 0 Å². The first-order valence-corrected chi connectivity index (χ1v) is 4.01. The van der Waals surface area contributed by atoms with Gasteiger partial charge >= 0.3 is 0 Å². The van der Waals surface area contributed by atoms with Crippen LogP contribution in [-0.2, 0) is 5.41 Å². The van der Waals surface area contributed by atoms with Crippen molar-refractivity contribution in [3.63, 3.8) is 0 Å². The van der Waals surface area contributed by atoms with Crippen LogP contribution in [0.3, 0.4) is 0 Å². The predicted molar refractivity (Wildman–Crippen MR) is 58.5 cm³/mol. The van der Waals surface area contributed by atoms with Gasteiger partial charge in [-0.15, -0.1) is 12.4 Å². The molecule has 0 atom stereocenters. The molecule has 0 spiro atoms. The molecule has 0 fully saturated rings. The highest BCUT2D eigenvalue weighted by molar-refractivity contribution is 5.85. The lowest BCUT2D eigenvalue weighted by atomic mass is 9.86. The van der Waals surface area contributed by atoms with Crippen molar-refractivity contribution < 1.29 is 5.11 Å². The number of nitrogen functional groups attached to an aromatic ring is 1. The summed E-state index contributed by atoms with van der Waals surface area (Å²) < 4.78 is 0. The topological polar surface area (TPSA) is 46.2 Å². The smallest absolute Gasteiger partial charge is 0.142 e. The van der Waals surface area contributed by atoms with E-state index in [1.165, 1.54) is 0 Å². The van der Waals surface area contributed by atoms with Crippen molar-refractivity contribution in [3.05, 3.63) is 23.8 Å². The van der Waals surface area contributed by atoms with Gasteiger partial charge in [0.15, 0.2) is 0 Å². The van der Waals surface area contributed by atoms with E-state index in [4.69, 9.17) is 5.73 Å². The van der Waals surface area contributed by atoms with Crippen molar-refractivity contribution in [2.45, 2.75) is 26.2 Å². The molecule has 3 N–H and O–H groups in total. The molecule has 74 valence electrons. The van der Waals surface area contributed by atoms with Crippen LogP contribution in [0.1, 0.15) is 26.3 Å². The number of nitrogens with two attached hydrogens (primary N) is 1. The zero-order valence-corrected chi connectivity index (χ0v) is 8.98. The summed E-state index contributed by atoms with van der Waals surface area (Å²) in [6.45, 7) is 6.13. The standard InChI is InChI=1S/C10H15NO.ClH/c1-10(2,3)7-5-4-6-8(11)9(7)12;/h4-6,12H,11H2,1-3H3;1H. The Morgan fingerprint density at radius 1 is 1.23 bits per heavy atom. The summed E-state index contributed by atoms with van der Waals surface area (Å²) in [6.07, 6.45) is 0. The van der Waals surface area contributed by atoms with Gasteiger partial charge in [-0.25, -0.2) is 0 Å². The lowest BCUT2D eigenvalue weighted by Crippen LogP contribution is -2.11. The lowest BCUT2D eigenvalue weighted by molar-refractivity contribution is 0.449. The highest BCUT2D eigenvalue weighted by Gasteiger charge is 2.18. The van der Waals surface area contributed by atoms with Crippen LogP contribution >= 0.6 is 12.4 Å². The van der Waals surface area contributed by atoms with Crippen molar-refractivity contribution in [1.29, 1.82) is 0 Å². The molecule has 0 amide bonds. The van der Waals surface area contributed by atoms with E-state index in [0.29, 0.717) is 5.69 Å². The molecule has 1 aromatic rings. The molecule has 3 heteroatoms. The number of aromatic hydroxyl groups is 1. The summed E-state index contributed by atoms with van der Waals surface area (Å²) in [6, 6.07) is 5.45. The molecule has 0 aliphatic rings. The van der Waals surface area contributed by atoms with Gasteiger partial charge in [-0.1, -0.05) is 32.9 Å². The third-order valence-corrected chi connectivity index (χ3v) is 1.88. The largest absolute Gasteiger partial charge is 0.505 e. The monoisotopic (exact) mass is 201 g/mol. The van der Waals surface area contributed by atoms with Crippen molar-refractivity contribution in [1.82, 2.24) is 0 Å². The first-order chi connectivity index (χ1) is 5.43. The molecule has 0 saturated carbocycles. The van der Waals surface area contributed by atoms with Crippen LogP contribution in [-0.4, -0.2) is 5.11 Å². The molecular formula is C10H16ClNO. The summed E-state index contributed by atoms with van der Waals surface area (Å²) in [5.74, 6) is 0.213. The van der Waals surface area contributed by atoms with Crippen LogP contribution < -0.4 is 5.73 Å². The maximum atomic E-state index is 9.61. The minimum absolute atomic E-state index is 0. The molecule has 2 nitrogen and oxygen atoms in total. The van der Waals surface area contributed by atoms with Gasteiger partial charge in [0, 0.05) is 5.56 Å². The summed E-state index contributed by atoms with van der Waals surface area (Å²) in [4.78, 5) is 0. The maximum absolute atomic E-state index is 9.61. The van der Waals surface area contributed by atoms with Crippen LogP contribution in [0.5, 0.6) is 5.75 Å². The quantitative estimate of drug-likeness (QED) is 0.501. The fourth-order valence-corrected chi connectivity index (χ4v) is 1.17. The summed E-state index contributed by atoms with van der Waals surface area (Å²) in [7, 11) is 0. The van der Waals surface area contributed by atoms with Crippen LogP contribution in [0.25, 0.3) is 0 Å². The highest BCUT2D eigenvalue weighted by atomic mass is 35.5. The Hall–Kier alpha value is -0.890. The second kappa shape index (κ2) is 3.88. The lowest BCUT2D eigenvalue weighted by Gasteiger charge is -2.20. The number of rotatable bonds is 0. The average molecular weight is 202 g/mol. The zero-order chi connectivity index (χ0) is 9.35. The fraction of sp³-hybridized carbons (Fsp3) is 0.400. The molecule has 0 aromatic heterocycles. The van der Waals surface area contributed by atoms with E-state index in [-0.39, 0.29) is 23.6 Å². The highest BCUT2D eigenvalue weighted by Crippen LogP contribution is 2.33. The van der Waals surface area contributed by atoms with E-state index < -0.39 is 0 Å². The Labute approximate surface area is 85.2 Å². The molecule has 0 aliphatic carbocycles. The van der Waals surface area contributed by atoms with E-state index in [0.717, 1.165) is 5.56 Å². The molecule has 13 heavy (non-hydrogen) atoms. The molecule has 0 aliphatic heterocycles. The van der Waals surface area contributed by atoms with Crippen molar-refractivity contribution >= 4 is 18.1 Å². The number of phenols is 1. The number of para-hydroxylation sites is 1. The van der Waals surface area contributed by atoms with Gasteiger partial charge in [-0.3, -0.25) is 0 Å². The molecule has 0 radical (unpaired) electrons.